The predicted molar refractivity (Wildman–Crippen MR) is 113 cm³/mol. The molecule has 2 aromatic rings. The molecular weight excluding hydrogens is 406 g/mol. The number of rotatable bonds is 4. The third-order valence-electron chi connectivity index (χ3n) is 5.65. The van der Waals surface area contributed by atoms with E-state index in [-0.39, 0.29) is 17.3 Å². The molecule has 3 rings (SSSR count). The van der Waals surface area contributed by atoms with E-state index in [2.05, 4.69) is 10.6 Å². The van der Waals surface area contributed by atoms with Crippen LogP contribution in [0.2, 0.25) is 0 Å². The van der Waals surface area contributed by atoms with Crippen LogP contribution in [0.1, 0.15) is 45.4 Å². The van der Waals surface area contributed by atoms with Crippen molar-refractivity contribution in [1.29, 1.82) is 0 Å². The molecule has 2 amide bonds. The van der Waals surface area contributed by atoms with E-state index in [0.717, 1.165) is 12.1 Å². The van der Waals surface area contributed by atoms with Gasteiger partial charge in [0.05, 0.1) is 16.8 Å². The van der Waals surface area contributed by atoms with Crippen LogP contribution in [0, 0.1) is 18.6 Å². The standard InChI is InChI=1S/C21H26F2N6O2/c1-11-17-13(7-8-21(2,27-19(17)30)16(24)10-28(3)25)18(29(11)4)20(31)26-12-5-6-14(22)15(23)9-12/h5-6,9-10H,7-8,24-25H2,1-4H3,(H,26,31)(H,27,30)/b16-10-. The zero-order chi connectivity index (χ0) is 23.1. The molecule has 1 aliphatic heterocycles. The van der Waals surface area contributed by atoms with Gasteiger partial charge in [-0.3, -0.25) is 9.59 Å². The minimum absolute atomic E-state index is 0.109. The lowest BCUT2D eigenvalue weighted by Gasteiger charge is -2.30. The summed E-state index contributed by atoms with van der Waals surface area (Å²) in [5.74, 6) is 2.70. The van der Waals surface area contributed by atoms with Gasteiger partial charge in [-0.2, -0.15) is 0 Å². The molecule has 0 radical (unpaired) electrons. The van der Waals surface area contributed by atoms with Crippen LogP contribution in [0.4, 0.5) is 14.5 Å². The van der Waals surface area contributed by atoms with Crippen LogP contribution in [0.5, 0.6) is 0 Å². The molecule has 0 saturated carbocycles. The Labute approximate surface area is 178 Å². The van der Waals surface area contributed by atoms with Gasteiger partial charge >= 0.3 is 0 Å². The number of hydrazine groups is 1. The van der Waals surface area contributed by atoms with Crippen LogP contribution < -0.4 is 22.2 Å². The molecule has 1 atom stereocenters. The normalized spacial score (nSPS) is 18.8. The predicted octanol–water partition coefficient (Wildman–Crippen LogP) is 1.90. The van der Waals surface area contributed by atoms with Crippen LogP contribution >= 0.6 is 0 Å². The quantitative estimate of drug-likeness (QED) is 0.435. The van der Waals surface area contributed by atoms with E-state index >= 15 is 0 Å². The third kappa shape index (κ3) is 4.11. The van der Waals surface area contributed by atoms with Gasteiger partial charge in [0.2, 0.25) is 0 Å². The summed E-state index contributed by atoms with van der Waals surface area (Å²) in [7, 11) is 3.29. The van der Waals surface area contributed by atoms with Crippen molar-refractivity contribution in [3.63, 3.8) is 0 Å². The first kappa shape index (κ1) is 22.3. The second kappa shape index (κ2) is 8.03. The summed E-state index contributed by atoms with van der Waals surface area (Å²) in [6.45, 7) is 3.53. The van der Waals surface area contributed by atoms with E-state index in [9.17, 15) is 18.4 Å². The van der Waals surface area contributed by atoms with Crippen molar-refractivity contribution >= 4 is 17.5 Å². The van der Waals surface area contributed by atoms with Gasteiger partial charge in [-0.1, -0.05) is 0 Å². The highest BCUT2D eigenvalue weighted by Gasteiger charge is 2.38. The van der Waals surface area contributed by atoms with Crippen molar-refractivity contribution in [2.75, 3.05) is 12.4 Å². The van der Waals surface area contributed by atoms with Gasteiger partial charge in [0.1, 0.15) is 5.69 Å². The first-order valence-corrected chi connectivity index (χ1v) is 9.67. The molecule has 1 aliphatic rings. The molecule has 166 valence electrons. The molecule has 31 heavy (non-hydrogen) atoms. The summed E-state index contributed by atoms with van der Waals surface area (Å²) in [6.07, 6.45) is 2.34. The SMILES string of the molecule is Cc1c2c(c(C(=O)Nc3ccc(F)c(F)c3)n1C)CCC(C)(/C(N)=C/N(C)N)NC2=O. The largest absolute Gasteiger partial charge is 0.399 e. The molecule has 6 N–H and O–H groups in total. The minimum atomic E-state index is -1.07. The number of carbonyl (C=O) groups excluding carboxylic acids is 2. The molecule has 0 saturated heterocycles. The molecule has 0 bridgehead atoms. The van der Waals surface area contributed by atoms with Gasteiger partial charge in [0.15, 0.2) is 11.6 Å². The summed E-state index contributed by atoms with van der Waals surface area (Å²) in [6, 6.07) is 3.10. The lowest BCUT2D eigenvalue weighted by atomic mass is 9.91. The molecule has 2 heterocycles. The van der Waals surface area contributed by atoms with Crippen LogP contribution in [-0.4, -0.2) is 34.0 Å². The minimum Gasteiger partial charge on any atom is -0.399 e. The van der Waals surface area contributed by atoms with Crippen molar-refractivity contribution in [3.05, 3.63) is 64.2 Å². The van der Waals surface area contributed by atoms with Crippen molar-refractivity contribution < 1.29 is 18.4 Å². The smallest absolute Gasteiger partial charge is 0.272 e. The van der Waals surface area contributed by atoms with Crippen LogP contribution in [-0.2, 0) is 13.5 Å². The van der Waals surface area contributed by atoms with Gasteiger partial charge in [0.25, 0.3) is 11.8 Å². The fraction of sp³-hybridized carbons (Fsp3) is 0.333. The number of hydrogen-bond donors (Lipinski definition) is 4. The van der Waals surface area contributed by atoms with E-state index in [4.69, 9.17) is 11.6 Å². The number of benzene rings is 1. The molecular formula is C21H26F2N6O2. The molecule has 0 aliphatic carbocycles. The number of nitrogens with one attached hydrogen (secondary N) is 2. The summed E-state index contributed by atoms with van der Waals surface area (Å²) >= 11 is 0. The highest BCUT2D eigenvalue weighted by atomic mass is 19.2. The van der Waals surface area contributed by atoms with Gasteiger partial charge in [-0.25, -0.2) is 14.6 Å². The number of hydrogen-bond acceptors (Lipinski definition) is 5. The van der Waals surface area contributed by atoms with Gasteiger partial charge in [0, 0.05) is 37.7 Å². The lowest BCUT2D eigenvalue weighted by molar-refractivity contribution is 0.0919. The number of halogens is 2. The van der Waals surface area contributed by atoms with Gasteiger partial charge in [-0.05, 0) is 44.4 Å². The summed E-state index contributed by atoms with van der Waals surface area (Å²) in [5, 5.41) is 6.83. The number of aromatic nitrogens is 1. The van der Waals surface area contributed by atoms with E-state index < -0.39 is 23.1 Å². The van der Waals surface area contributed by atoms with Crippen molar-refractivity contribution in [3.8, 4) is 0 Å². The van der Waals surface area contributed by atoms with Crippen LogP contribution in [0.25, 0.3) is 0 Å². The molecule has 1 aromatic heterocycles. The number of nitrogens with two attached hydrogens (primary N) is 2. The number of amides is 2. The van der Waals surface area contributed by atoms with Gasteiger partial charge < -0.3 is 25.9 Å². The molecule has 1 aromatic carbocycles. The van der Waals surface area contributed by atoms with Gasteiger partial charge in [-0.15, -0.1) is 0 Å². The Hall–Kier alpha value is -3.40. The highest BCUT2D eigenvalue weighted by Crippen LogP contribution is 2.32. The molecule has 0 spiro atoms. The Kier molecular flexibility index (Phi) is 5.77. The number of anilines is 1. The number of carbonyl (C=O) groups is 2. The first-order chi connectivity index (χ1) is 14.4. The van der Waals surface area contributed by atoms with Crippen molar-refractivity contribution in [1.82, 2.24) is 14.9 Å². The van der Waals surface area contributed by atoms with Crippen molar-refractivity contribution in [2.24, 2.45) is 18.6 Å². The molecule has 0 fully saturated rings. The Balaban J connectivity index is 1.99. The zero-order valence-electron chi connectivity index (χ0n) is 17.8. The Bertz CT molecular complexity index is 1090. The number of nitrogens with zero attached hydrogens (tertiary/aromatic N) is 2. The number of fused-ring (bicyclic) bond motifs is 1. The Morgan fingerprint density at radius 1 is 1.35 bits per heavy atom. The van der Waals surface area contributed by atoms with E-state index in [1.807, 2.05) is 0 Å². The van der Waals surface area contributed by atoms with Crippen molar-refractivity contribution in [2.45, 2.75) is 32.2 Å². The third-order valence-corrected chi connectivity index (χ3v) is 5.65. The first-order valence-electron chi connectivity index (χ1n) is 9.67. The fourth-order valence-corrected chi connectivity index (χ4v) is 3.80. The summed E-state index contributed by atoms with van der Waals surface area (Å²) in [5.41, 5.74) is 7.65. The molecule has 1 unspecified atom stereocenters. The fourth-order valence-electron chi connectivity index (χ4n) is 3.80. The maximum absolute atomic E-state index is 13.5. The Morgan fingerprint density at radius 3 is 2.65 bits per heavy atom. The maximum Gasteiger partial charge on any atom is 0.272 e. The van der Waals surface area contributed by atoms with Crippen LogP contribution in [0.3, 0.4) is 0 Å². The topological polar surface area (TPSA) is 118 Å². The summed E-state index contributed by atoms with van der Waals surface area (Å²) < 4.78 is 28.3. The second-order valence-electron chi connectivity index (χ2n) is 7.97. The Morgan fingerprint density at radius 2 is 2.03 bits per heavy atom. The second-order valence-corrected chi connectivity index (χ2v) is 7.97. The highest BCUT2D eigenvalue weighted by molar-refractivity contribution is 6.08. The summed E-state index contributed by atoms with van der Waals surface area (Å²) in [4.78, 5) is 26.1. The van der Waals surface area contributed by atoms with E-state index in [0.29, 0.717) is 35.4 Å². The average Bonchev–Trinajstić information content (AvgIpc) is 2.84. The van der Waals surface area contributed by atoms with Crippen LogP contribution in [0.15, 0.2) is 30.1 Å². The lowest BCUT2D eigenvalue weighted by Crippen LogP contribution is -2.49. The maximum atomic E-state index is 13.5. The monoisotopic (exact) mass is 432 g/mol. The molecule has 8 nitrogen and oxygen atoms in total. The average molecular weight is 432 g/mol. The zero-order valence-corrected chi connectivity index (χ0v) is 17.8. The van der Waals surface area contributed by atoms with E-state index in [1.54, 1.807) is 32.5 Å². The molecule has 10 heteroatoms. The van der Waals surface area contributed by atoms with E-state index in [1.165, 1.54) is 17.3 Å².